The summed E-state index contributed by atoms with van der Waals surface area (Å²) in [7, 11) is -2.35. The topological polar surface area (TPSA) is 88.6 Å². The SMILES string of the molecule is COC(=O)c1ccc(S(=O)(=O)NC2CCN(c3nccs3)C2)cc1. The first-order chi connectivity index (χ1) is 11.5. The molecule has 0 aliphatic carbocycles. The van der Waals surface area contributed by atoms with Gasteiger partial charge in [0.25, 0.3) is 0 Å². The summed E-state index contributed by atoms with van der Waals surface area (Å²) in [6.45, 7) is 1.36. The summed E-state index contributed by atoms with van der Waals surface area (Å²) in [5.74, 6) is -0.498. The van der Waals surface area contributed by atoms with Gasteiger partial charge in [0, 0.05) is 30.7 Å². The van der Waals surface area contributed by atoms with Crippen LogP contribution < -0.4 is 9.62 Å². The van der Waals surface area contributed by atoms with Gasteiger partial charge in [-0.25, -0.2) is 22.9 Å². The van der Waals surface area contributed by atoms with Crippen molar-refractivity contribution in [1.82, 2.24) is 9.71 Å². The summed E-state index contributed by atoms with van der Waals surface area (Å²) < 4.78 is 32.3. The number of sulfonamides is 1. The van der Waals surface area contributed by atoms with Crippen molar-refractivity contribution in [2.24, 2.45) is 0 Å². The molecule has 0 spiro atoms. The van der Waals surface area contributed by atoms with Crippen molar-refractivity contribution in [2.75, 3.05) is 25.1 Å². The number of carbonyl (C=O) groups is 1. The van der Waals surface area contributed by atoms with Gasteiger partial charge in [0.15, 0.2) is 5.13 Å². The van der Waals surface area contributed by atoms with E-state index < -0.39 is 16.0 Å². The van der Waals surface area contributed by atoms with Crippen molar-refractivity contribution in [2.45, 2.75) is 17.4 Å². The number of aromatic nitrogens is 1. The highest BCUT2D eigenvalue weighted by molar-refractivity contribution is 7.89. The number of hydrogen-bond acceptors (Lipinski definition) is 7. The molecule has 0 amide bonds. The van der Waals surface area contributed by atoms with Gasteiger partial charge in [0.2, 0.25) is 10.0 Å². The van der Waals surface area contributed by atoms with Crippen molar-refractivity contribution in [1.29, 1.82) is 0 Å². The summed E-state index contributed by atoms with van der Waals surface area (Å²) in [6.07, 6.45) is 2.46. The van der Waals surface area contributed by atoms with E-state index in [9.17, 15) is 13.2 Å². The Morgan fingerprint density at radius 2 is 2.12 bits per heavy atom. The molecule has 9 heteroatoms. The molecule has 1 atom stereocenters. The number of nitrogens with zero attached hydrogens (tertiary/aromatic N) is 2. The quantitative estimate of drug-likeness (QED) is 0.806. The average molecular weight is 367 g/mol. The van der Waals surface area contributed by atoms with Gasteiger partial charge in [-0.3, -0.25) is 0 Å². The number of nitrogens with one attached hydrogen (secondary N) is 1. The highest BCUT2D eigenvalue weighted by Crippen LogP contribution is 2.23. The molecule has 1 fully saturated rings. The number of anilines is 1. The number of ether oxygens (including phenoxy) is 1. The number of esters is 1. The third-order valence-electron chi connectivity index (χ3n) is 3.79. The van der Waals surface area contributed by atoms with E-state index in [4.69, 9.17) is 0 Å². The molecule has 1 aromatic heterocycles. The second-order valence-electron chi connectivity index (χ2n) is 5.38. The lowest BCUT2D eigenvalue weighted by atomic mass is 10.2. The van der Waals surface area contributed by atoms with Gasteiger partial charge >= 0.3 is 5.97 Å². The first-order valence-corrected chi connectivity index (χ1v) is 9.71. The summed E-state index contributed by atoms with van der Waals surface area (Å²) in [6, 6.07) is 5.53. The number of benzene rings is 1. The third kappa shape index (κ3) is 3.58. The lowest BCUT2D eigenvalue weighted by Gasteiger charge is -2.16. The van der Waals surface area contributed by atoms with E-state index >= 15 is 0 Å². The zero-order valence-electron chi connectivity index (χ0n) is 13.0. The van der Waals surface area contributed by atoms with Crippen LogP contribution in [0.1, 0.15) is 16.8 Å². The van der Waals surface area contributed by atoms with Crippen molar-refractivity contribution in [3.8, 4) is 0 Å². The molecule has 128 valence electrons. The Kier molecular flexibility index (Phi) is 4.83. The van der Waals surface area contributed by atoms with Crippen molar-refractivity contribution in [3.63, 3.8) is 0 Å². The fourth-order valence-corrected chi connectivity index (χ4v) is 4.52. The van der Waals surface area contributed by atoms with E-state index in [2.05, 4.69) is 19.3 Å². The summed E-state index contributed by atoms with van der Waals surface area (Å²) in [5, 5.41) is 2.80. The fraction of sp³-hybridized carbons (Fsp3) is 0.333. The zero-order chi connectivity index (χ0) is 17.2. The third-order valence-corrected chi connectivity index (χ3v) is 6.15. The van der Waals surface area contributed by atoms with Gasteiger partial charge < -0.3 is 9.64 Å². The molecule has 24 heavy (non-hydrogen) atoms. The molecule has 1 unspecified atom stereocenters. The molecule has 1 saturated heterocycles. The normalized spacial score (nSPS) is 17.9. The van der Waals surface area contributed by atoms with Crippen LogP contribution in [-0.2, 0) is 14.8 Å². The minimum atomic E-state index is -3.63. The van der Waals surface area contributed by atoms with Crippen LogP contribution in [0.3, 0.4) is 0 Å². The van der Waals surface area contributed by atoms with E-state index in [1.165, 1.54) is 42.7 Å². The van der Waals surface area contributed by atoms with Gasteiger partial charge in [-0.2, -0.15) is 0 Å². The van der Waals surface area contributed by atoms with Gasteiger partial charge in [0.1, 0.15) is 0 Å². The van der Waals surface area contributed by atoms with E-state index in [1.54, 1.807) is 6.20 Å². The second-order valence-corrected chi connectivity index (χ2v) is 7.97. The van der Waals surface area contributed by atoms with Crippen LogP contribution in [0.15, 0.2) is 40.7 Å². The Labute approximate surface area is 144 Å². The van der Waals surface area contributed by atoms with Crippen LogP contribution in [0.2, 0.25) is 0 Å². The number of rotatable bonds is 5. The van der Waals surface area contributed by atoms with Gasteiger partial charge in [0.05, 0.1) is 17.6 Å². The molecular formula is C15H17N3O4S2. The predicted molar refractivity (Wildman–Crippen MR) is 90.8 cm³/mol. The Balaban J connectivity index is 1.67. The summed E-state index contributed by atoms with van der Waals surface area (Å²) in [5.41, 5.74) is 0.312. The van der Waals surface area contributed by atoms with Crippen LogP contribution in [-0.4, -0.2) is 45.6 Å². The number of methoxy groups -OCH3 is 1. The molecular weight excluding hydrogens is 350 g/mol. The summed E-state index contributed by atoms with van der Waals surface area (Å²) >= 11 is 1.54. The first kappa shape index (κ1) is 16.9. The zero-order valence-corrected chi connectivity index (χ0v) is 14.6. The lowest BCUT2D eigenvalue weighted by Crippen LogP contribution is -2.37. The van der Waals surface area contributed by atoms with Gasteiger partial charge in [-0.15, -0.1) is 11.3 Å². The molecule has 0 bridgehead atoms. The maximum Gasteiger partial charge on any atom is 0.337 e. The first-order valence-electron chi connectivity index (χ1n) is 7.35. The monoisotopic (exact) mass is 367 g/mol. The van der Waals surface area contributed by atoms with Crippen molar-refractivity contribution >= 4 is 32.5 Å². The van der Waals surface area contributed by atoms with Gasteiger partial charge in [-0.1, -0.05) is 0 Å². The van der Waals surface area contributed by atoms with Crippen molar-refractivity contribution in [3.05, 3.63) is 41.4 Å². The van der Waals surface area contributed by atoms with E-state index in [-0.39, 0.29) is 10.9 Å². The van der Waals surface area contributed by atoms with Crippen LogP contribution in [0.25, 0.3) is 0 Å². The Morgan fingerprint density at radius 3 is 2.75 bits per heavy atom. The molecule has 2 heterocycles. The summed E-state index contributed by atoms with van der Waals surface area (Å²) in [4.78, 5) is 17.8. The lowest BCUT2D eigenvalue weighted by molar-refractivity contribution is 0.0600. The molecule has 0 saturated carbocycles. The minimum Gasteiger partial charge on any atom is -0.465 e. The maximum atomic E-state index is 12.5. The molecule has 3 rings (SSSR count). The molecule has 0 radical (unpaired) electrons. The van der Waals surface area contributed by atoms with Crippen LogP contribution >= 0.6 is 11.3 Å². The van der Waals surface area contributed by atoms with Crippen molar-refractivity contribution < 1.29 is 17.9 Å². The maximum absolute atomic E-state index is 12.5. The predicted octanol–water partition coefficient (Wildman–Crippen LogP) is 1.49. The largest absolute Gasteiger partial charge is 0.465 e. The minimum absolute atomic E-state index is 0.128. The fourth-order valence-electron chi connectivity index (χ4n) is 2.58. The molecule has 1 aliphatic rings. The molecule has 1 aliphatic heterocycles. The van der Waals surface area contributed by atoms with E-state index in [0.29, 0.717) is 12.1 Å². The standard InChI is InChI=1S/C15H17N3O4S2/c1-22-14(19)11-2-4-13(5-3-11)24(20,21)17-12-6-8-18(10-12)15-16-7-9-23-15/h2-5,7,9,12,17H,6,8,10H2,1H3. The highest BCUT2D eigenvalue weighted by atomic mass is 32.2. The van der Waals surface area contributed by atoms with Crippen LogP contribution in [0.5, 0.6) is 0 Å². The van der Waals surface area contributed by atoms with E-state index in [1.807, 2.05) is 5.38 Å². The number of thiazole rings is 1. The molecule has 2 aromatic rings. The Morgan fingerprint density at radius 1 is 1.38 bits per heavy atom. The Hall–Kier alpha value is -1.97. The number of carbonyl (C=O) groups excluding carboxylic acids is 1. The Bertz CT molecular complexity index is 804. The smallest absolute Gasteiger partial charge is 0.337 e. The highest BCUT2D eigenvalue weighted by Gasteiger charge is 2.28. The van der Waals surface area contributed by atoms with Crippen LogP contribution in [0, 0.1) is 0 Å². The average Bonchev–Trinajstić information content (AvgIpc) is 3.25. The van der Waals surface area contributed by atoms with Gasteiger partial charge in [-0.05, 0) is 30.7 Å². The van der Waals surface area contributed by atoms with Crippen LogP contribution in [0.4, 0.5) is 5.13 Å². The molecule has 7 nitrogen and oxygen atoms in total. The molecule has 1 N–H and O–H groups in total. The number of hydrogen-bond donors (Lipinski definition) is 1. The van der Waals surface area contributed by atoms with E-state index in [0.717, 1.165) is 18.1 Å². The second kappa shape index (κ2) is 6.88. The molecule has 1 aromatic carbocycles.